The van der Waals surface area contributed by atoms with Crippen LogP contribution in [-0.2, 0) is 16.1 Å². The third-order valence-electron chi connectivity index (χ3n) is 4.98. The highest BCUT2D eigenvalue weighted by atomic mass is 35.5. The summed E-state index contributed by atoms with van der Waals surface area (Å²) in [5, 5.41) is 1.52. The zero-order chi connectivity index (χ0) is 21.1. The summed E-state index contributed by atoms with van der Waals surface area (Å²) >= 11 is 6.99. The van der Waals surface area contributed by atoms with Gasteiger partial charge >= 0.3 is 0 Å². The van der Waals surface area contributed by atoms with E-state index in [4.69, 9.17) is 16.3 Å². The summed E-state index contributed by atoms with van der Waals surface area (Å²) in [6.45, 7) is 1.57. The third kappa shape index (κ3) is 4.31. The van der Waals surface area contributed by atoms with Crippen molar-refractivity contribution in [3.05, 3.63) is 75.8 Å². The number of carbonyl (C=O) groups excluding carboxylic acids is 2. The smallest absolute Gasteiger partial charge is 0.293 e. The number of halogens is 1. The fraction of sp³-hybridized carbons (Fsp3) is 0.217. The molecule has 0 saturated carbocycles. The minimum Gasteiger partial charge on any atom is -0.385 e. The van der Waals surface area contributed by atoms with Crippen molar-refractivity contribution in [2.45, 2.75) is 13.0 Å². The van der Waals surface area contributed by atoms with Gasteiger partial charge in [-0.2, -0.15) is 0 Å². The molecule has 2 heterocycles. The quantitative estimate of drug-likeness (QED) is 0.364. The van der Waals surface area contributed by atoms with E-state index in [1.54, 1.807) is 7.11 Å². The lowest BCUT2D eigenvalue weighted by molar-refractivity contribution is -0.122. The van der Waals surface area contributed by atoms with Crippen LogP contribution in [0, 0.1) is 0 Å². The molecule has 1 fully saturated rings. The van der Waals surface area contributed by atoms with Crippen LogP contribution in [0.2, 0.25) is 5.02 Å². The molecule has 154 valence electrons. The minimum atomic E-state index is -0.240. The molecule has 4 rings (SSSR count). The molecule has 0 N–H and O–H groups in total. The number of amides is 2. The number of para-hydroxylation sites is 1. The van der Waals surface area contributed by atoms with Gasteiger partial charge in [0.05, 0.1) is 4.91 Å². The van der Waals surface area contributed by atoms with Crippen LogP contribution in [0.4, 0.5) is 4.79 Å². The number of fused-ring (bicyclic) bond motifs is 1. The number of carbonyl (C=O) groups is 2. The summed E-state index contributed by atoms with van der Waals surface area (Å²) in [5.41, 5.74) is 3.12. The number of hydrogen-bond donors (Lipinski definition) is 0. The van der Waals surface area contributed by atoms with Crippen molar-refractivity contribution in [1.82, 2.24) is 9.47 Å². The average molecular weight is 441 g/mol. The Morgan fingerprint density at radius 1 is 1.10 bits per heavy atom. The topological polar surface area (TPSA) is 51.5 Å². The van der Waals surface area contributed by atoms with E-state index in [-0.39, 0.29) is 11.1 Å². The second-order valence-corrected chi connectivity index (χ2v) is 8.47. The summed E-state index contributed by atoms with van der Waals surface area (Å²) in [6, 6.07) is 15.8. The normalized spacial score (nSPS) is 15.7. The first-order valence-electron chi connectivity index (χ1n) is 9.63. The Hall–Kier alpha value is -2.54. The lowest BCUT2D eigenvalue weighted by Gasteiger charge is -2.11. The van der Waals surface area contributed by atoms with E-state index in [0.717, 1.165) is 33.8 Å². The van der Waals surface area contributed by atoms with Gasteiger partial charge in [0.2, 0.25) is 0 Å². The number of benzene rings is 2. The SMILES string of the molecule is COCCCN1C(=O)S/C(=C/c2cn(Cc3ccc(Cl)cc3)c3ccccc23)C1=O. The van der Waals surface area contributed by atoms with Gasteiger partial charge in [0.15, 0.2) is 0 Å². The lowest BCUT2D eigenvalue weighted by atomic mass is 10.1. The fourth-order valence-electron chi connectivity index (χ4n) is 3.51. The second kappa shape index (κ2) is 9.08. The predicted octanol–water partition coefficient (Wildman–Crippen LogP) is 5.42. The molecule has 0 spiro atoms. The molecule has 5 nitrogen and oxygen atoms in total. The lowest BCUT2D eigenvalue weighted by Crippen LogP contribution is -2.29. The zero-order valence-electron chi connectivity index (χ0n) is 16.5. The van der Waals surface area contributed by atoms with Crippen LogP contribution in [0.1, 0.15) is 17.5 Å². The van der Waals surface area contributed by atoms with Gasteiger partial charge in [-0.1, -0.05) is 41.9 Å². The molecule has 0 bridgehead atoms. The Morgan fingerprint density at radius 3 is 2.63 bits per heavy atom. The number of hydrogen-bond acceptors (Lipinski definition) is 4. The number of nitrogens with zero attached hydrogens (tertiary/aromatic N) is 2. The van der Waals surface area contributed by atoms with Crippen molar-refractivity contribution in [1.29, 1.82) is 0 Å². The summed E-state index contributed by atoms with van der Waals surface area (Å²) in [4.78, 5) is 26.8. The van der Waals surface area contributed by atoms with Gasteiger partial charge in [-0.15, -0.1) is 0 Å². The molecule has 0 unspecified atom stereocenters. The Labute approximate surface area is 184 Å². The van der Waals surface area contributed by atoms with E-state index >= 15 is 0 Å². The average Bonchev–Trinajstić information content (AvgIpc) is 3.22. The van der Waals surface area contributed by atoms with E-state index in [1.807, 2.05) is 54.7 Å². The van der Waals surface area contributed by atoms with Crippen molar-refractivity contribution in [3.8, 4) is 0 Å². The van der Waals surface area contributed by atoms with Crippen LogP contribution in [-0.4, -0.2) is 40.9 Å². The van der Waals surface area contributed by atoms with Crippen LogP contribution < -0.4 is 0 Å². The van der Waals surface area contributed by atoms with Crippen LogP contribution in [0.5, 0.6) is 0 Å². The Bertz CT molecular complexity index is 1120. The van der Waals surface area contributed by atoms with E-state index in [1.165, 1.54) is 4.90 Å². The molecule has 1 aliphatic heterocycles. The van der Waals surface area contributed by atoms with Gasteiger partial charge in [0, 0.05) is 54.5 Å². The van der Waals surface area contributed by atoms with Crippen molar-refractivity contribution in [2.24, 2.45) is 0 Å². The van der Waals surface area contributed by atoms with Crippen LogP contribution in [0.25, 0.3) is 17.0 Å². The minimum absolute atomic E-state index is 0.229. The molecular weight excluding hydrogens is 420 g/mol. The van der Waals surface area contributed by atoms with Gasteiger partial charge in [0.1, 0.15) is 0 Å². The molecule has 1 aromatic heterocycles. The number of thioether (sulfide) groups is 1. The predicted molar refractivity (Wildman–Crippen MR) is 122 cm³/mol. The highest BCUT2D eigenvalue weighted by Gasteiger charge is 2.34. The second-order valence-electron chi connectivity index (χ2n) is 7.04. The first-order chi connectivity index (χ1) is 14.6. The molecule has 0 aliphatic carbocycles. The summed E-state index contributed by atoms with van der Waals surface area (Å²) < 4.78 is 7.17. The van der Waals surface area contributed by atoms with Gasteiger partial charge in [-0.05, 0) is 48.0 Å². The largest absolute Gasteiger partial charge is 0.385 e. The third-order valence-corrected chi connectivity index (χ3v) is 6.14. The number of ether oxygens (including phenoxy) is 1. The van der Waals surface area contributed by atoms with Crippen molar-refractivity contribution in [3.63, 3.8) is 0 Å². The monoisotopic (exact) mass is 440 g/mol. The van der Waals surface area contributed by atoms with E-state index in [0.29, 0.717) is 36.0 Å². The summed E-state index contributed by atoms with van der Waals surface area (Å²) in [5.74, 6) is -0.240. The molecular formula is C23H21ClN2O3S. The molecule has 2 aromatic carbocycles. The molecule has 30 heavy (non-hydrogen) atoms. The van der Waals surface area contributed by atoms with E-state index in [9.17, 15) is 9.59 Å². The van der Waals surface area contributed by atoms with Crippen molar-refractivity contribution >= 4 is 51.5 Å². The number of aromatic nitrogens is 1. The van der Waals surface area contributed by atoms with Crippen molar-refractivity contribution in [2.75, 3.05) is 20.3 Å². The van der Waals surface area contributed by atoms with Gasteiger partial charge in [-0.25, -0.2) is 0 Å². The molecule has 0 radical (unpaired) electrons. The van der Waals surface area contributed by atoms with Crippen LogP contribution >= 0.6 is 23.4 Å². The van der Waals surface area contributed by atoms with E-state index < -0.39 is 0 Å². The molecule has 7 heteroatoms. The van der Waals surface area contributed by atoms with Gasteiger partial charge in [-0.3, -0.25) is 14.5 Å². The van der Waals surface area contributed by atoms with Crippen molar-refractivity contribution < 1.29 is 14.3 Å². The van der Waals surface area contributed by atoms with Crippen LogP contribution in [0.15, 0.2) is 59.6 Å². The highest BCUT2D eigenvalue weighted by Crippen LogP contribution is 2.34. The molecule has 3 aromatic rings. The molecule has 0 atom stereocenters. The fourth-order valence-corrected chi connectivity index (χ4v) is 4.49. The molecule has 1 aliphatic rings. The number of imide groups is 1. The maximum atomic E-state index is 12.7. The van der Waals surface area contributed by atoms with Crippen LogP contribution in [0.3, 0.4) is 0 Å². The Morgan fingerprint density at radius 2 is 1.87 bits per heavy atom. The Balaban J connectivity index is 1.64. The van der Waals surface area contributed by atoms with Gasteiger partial charge < -0.3 is 9.30 Å². The number of methoxy groups -OCH3 is 1. The first kappa shape index (κ1) is 20.7. The maximum absolute atomic E-state index is 12.7. The highest BCUT2D eigenvalue weighted by molar-refractivity contribution is 8.18. The summed E-state index contributed by atoms with van der Waals surface area (Å²) in [6.07, 6.45) is 4.47. The van der Waals surface area contributed by atoms with Gasteiger partial charge in [0.25, 0.3) is 11.1 Å². The molecule has 2 amide bonds. The maximum Gasteiger partial charge on any atom is 0.293 e. The Kier molecular flexibility index (Phi) is 6.27. The number of rotatable bonds is 7. The summed E-state index contributed by atoms with van der Waals surface area (Å²) in [7, 11) is 1.60. The zero-order valence-corrected chi connectivity index (χ0v) is 18.1. The molecule has 1 saturated heterocycles. The standard InChI is InChI=1S/C23H21ClN2O3S/c1-29-12-4-11-26-22(27)21(30-23(26)28)13-17-15-25(20-6-3-2-5-19(17)20)14-16-7-9-18(24)10-8-16/h2-3,5-10,13,15H,4,11-12,14H2,1H3/b21-13+. The van der Waals surface area contributed by atoms with E-state index in [2.05, 4.69) is 10.6 Å². The first-order valence-corrected chi connectivity index (χ1v) is 10.8.